The van der Waals surface area contributed by atoms with Crippen molar-refractivity contribution < 1.29 is 17.6 Å². The second-order valence-corrected chi connectivity index (χ2v) is 7.49. The summed E-state index contributed by atoms with van der Waals surface area (Å²) in [7, 11) is -3.95. The van der Waals surface area contributed by atoms with Crippen LogP contribution in [0.1, 0.15) is 5.56 Å². The van der Waals surface area contributed by atoms with Crippen molar-refractivity contribution in [2.24, 2.45) is 0 Å². The van der Waals surface area contributed by atoms with Crippen molar-refractivity contribution in [1.29, 1.82) is 0 Å². The molecule has 0 spiro atoms. The number of aryl methyl sites for hydroxylation is 1. The minimum absolute atomic E-state index is 0.0995. The maximum Gasteiger partial charge on any atom is 0.241 e. The Balaban J connectivity index is 2.06. The predicted molar refractivity (Wildman–Crippen MR) is 91.4 cm³/mol. The fourth-order valence-corrected chi connectivity index (χ4v) is 3.48. The van der Waals surface area contributed by atoms with E-state index in [-0.39, 0.29) is 21.2 Å². The van der Waals surface area contributed by atoms with Crippen molar-refractivity contribution >= 4 is 44.8 Å². The molecule has 2 rings (SSSR count). The van der Waals surface area contributed by atoms with Crippen LogP contribution in [0.2, 0.25) is 10.0 Å². The van der Waals surface area contributed by atoms with E-state index in [0.29, 0.717) is 5.02 Å². The van der Waals surface area contributed by atoms with Gasteiger partial charge in [-0.2, -0.15) is 0 Å². The average molecular weight is 391 g/mol. The van der Waals surface area contributed by atoms with Crippen molar-refractivity contribution in [3.8, 4) is 0 Å². The molecule has 0 heterocycles. The molecule has 0 atom stereocenters. The SMILES string of the molecule is Cc1cc(F)ccc1S(=O)(=O)NCC(=O)Nc1cc(Cl)ccc1Cl. The fourth-order valence-electron chi connectivity index (χ4n) is 1.94. The molecule has 9 heteroatoms. The van der Waals surface area contributed by atoms with E-state index < -0.39 is 28.3 Å². The summed E-state index contributed by atoms with van der Waals surface area (Å²) in [4.78, 5) is 11.8. The van der Waals surface area contributed by atoms with Crippen LogP contribution in [-0.2, 0) is 14.8 Å². The Kier molecular flexibility index (Phi) is 5.82. The first kappa shape index (κ1) is 18.7. The molecule has 24 heavy (non-hydrogen) atoms. The summed E-state index contributed by atoms with van der Waals surface area (Å²) in [6, 6.07) is 7.78. The Labute approximate surface area is 148 Å². The van der Waals surface area contributed by atoms with Gasteiger partial charge in [0.1, 0.15) is 5.82 Å². The van der Waals surface area contributed by atoms with Gasteiger partial charge in [0, 0.05) is 5.02 Å². The van der Waals surface area contributed by atoms with Crippen molar-refractivity contribution in [1.82, 2.24) is 4.72 Å². The first-order chi connectivity index (χ1) is 11.2. The molecule has 0 saturated carbocycles. The molecule has 2 aromatic rings. The van der Waals surface area contributed by atoms with Gasteiger partial charge in [-0.3, -0.25) is 4.79 Å². The Hall–Kier alpha value is -1.67. The summed E-state index contributed by atoms with van der Waals surface area (Å²) in [5.74, 6) is -1.16. The standard InChI is InChI=1S/C15H13Cl2FN2O3S/c1-9-6-11(18)3-5-14(9)24(22,23)19-8-15(21)20-13-7-10(16)2-4-12(13)17/h2-7,19H,8H2,1H3,(H,20,21). The van der Waals surface area contributed by atoms with E-state index in [2.05, 4.69) is 10.0 Å². The van der Waals surface area contributed by atoms with Crippen LogP contribution in [-0.4, -0.2) is 20.9 Å². The molecule has 2 aromatic carbocycles. The summed E-state index contributed by atoms with van der Waals surface area (Å²) in [6.07, 6.45) is 0. The summed E-state index contributed by atoms with van der Waals surface area (Å²) < 4.78 is 39.6. The average Bonchev–Trinajstić information content (AvgIpc) is 2.49. The highest BCUT2D eigenvalue weighted by atomic mass is 35.5. The third-order valence-electron chi connectivity index (χ3n) is 3.05. The van der Waals surface area contributed by atoms with E-state index in [0.717, 1.165) is 18.2 Å². The highest BCUT2D eigenvalue weighted by molar-refractivity contribution is 7.89. The van der Waals surface area contributed by atoms with Crippen molar-refractivity contribution in [3.63, 3.8) is 0 Å². The number of anilines is 1. The predicted octanol–water partition coefficient (Wildman–Crippen LogP) is 3.36. The molecule has 0 aliphatic carbocycles. The van der Waals surface area contributed by atoms with E-state index in [4.69, 9.17) is 23.2 Å². The zero-order valence-electron chi connectivity index (χ0n) is 12.4. The monoisotopic (exact) mass is 390 g/mol. The van der Waals surface area contributed by atoms with Gasteiger partial charge >= 0.3 is 0 Å². The number of hydrogen-bond donors (Lipinski definition) is 2. The number of rotatable bonds is 5. The zero-order chi connectivity index (χ0) is 17.9. The molecule has 128 valence electrons. The smallest absolute Gasteiger partial charge is 0.241 e. The highest BCUT2D eigenvalue weighted by Gasteiger charge is 2.18. The lowest BCUT2D eigenvalue weighted by Crippen LogP contribution is -2.33. The van der Waals surface area contributed by atoms with Crippen LogP contribution in [0.25, 0.3) is 0 Å². The number of nitrogens with one attached hydrogen (secondary N) is 2. The molecule has 0 radical (unpaired) electrons. The number of carbonyl (C=O) groups excluding carboxylic acids is 1. The highest BCUT2D eigenvalue weighted by Crippen LogP contribution is 2.25. The number of sulfonamides is 1. The molecule has 5 nitrogen and oxygen atoms in total. The van der Waals surface area contributed by atoms with Gasteiger partial charge < -0.3 is 5.32 Å². The van der Waals surface area contributed by atoms with Gasteiger partial charge in [0.25, 0.3) is 0 Å². The maximum absolute atomic E-state index is 13.1. The van der Waals surface area contributed by atoms with Crippen LogP contribution in [0.3, 0.4) is 0 Å². The van der Waals surface area contributed by atoms with Crippen LogP contribution < -0.4 is 10.0 Å². The number of amides is 1. The Morgan fingerprint density at radius 1 is 1.17 bits per heavy atom. The lowest BCUT2D eigenvalue weighted by atomic mass is 10.2. The topological polar surface area (TPSA) is 75.3 Å². The number of carbonyl (C=O) groups is 1. The van der Waals surface area contributed by atoms with E-state index in [9.17, 15) is 17.6 Å². The Morgan fingerprint density at radius 2 is 1.88 bits per heavy atom. The molecule has 0 saturated heterocycles. The van der Waals surface area contributed by atoms with Crippen molar-refractivity contribution in [3.05, 3.63) is 57.8 Å². The molecule has 0 fully saturated rings. The second-order valence-electron chi connectivity index (χ2n) is 4.91. The number of halogens is 3. The largest absolute Gasteiger partial charge is 0.324 e. The molecule has 0 bridgehead atoms. The van der Waals surface area contributed by atoms with Gasteiger partial charge in [-0.05, 0) is 48.9 Å². The third kappa shape index (κ3) is 4.67. The Bertz CT molecular complexity index is 888. The van der Waals surface area contributed by atoms with Gasteiger partial charge in [0.15, 0.2) is 0 Å². The summed E-state index contributed by atoms with van der Waals surface area (Å²) in [6.45, 7) is 0.950. The van der Waals surface area contributed by atoms with Crippen LogP contribution >= 0.6 is 23.2 Å². The van der Waals surface area contributed by atoms with Gasteiger partial charge in [0.2, 0.25) is 15.9 Å². The summed E-state index contributed by atoms with van der Waals surface area (Å²) in [5.41, 5.74) is 0.507. The molecule has 0 aliphatic rings. The molecule has 1 amide bonds. The van der Waals surface area contributed by atoms with E-state index in [1.54, 1.807) is 6.07 Å². The zero-order valence-corrected chi connectivity index (χ0v) is 14.8. The van der Waals surface area contributed by atoms with Crippen LogP contribution in [0.4, 0.5) is 10.1 Å². The molecule has 2 N–H and O–H groups in total. The minimum atomic E-state index is -3.95. The van der Waals surface area contributed by atoms with Crippen LogP contribution in [0.15, 0.2) is 41.3 Å². The van der Waals surface area contributed by atoms with Crippen molar-refractivity contribution in [2.75, 3.05) is 11.9 Å². The maximum atomic E-state index is 13.1. The van der Waals surface area contributed by atoms with Crippen LogP contribution in [0, 0.1) is 12.7 Å². The first-order valence-corrected chi connectivity index (χ1v) is 8.93. The number of hydrogen-bond acceptors (Lipinski definition) is 3. The normalized spacial score (nSPS) is 11.3. The molecule has 0 unspecified atom stereocenters. The molecular weight excluding hydrogens is 378 g/mol. The summed E-state index contributed by atoms with van der Waals surface area (Å²) >= 11 is 11.7. The Morgan fingerprint density at radius 3 is 2.54 bits per heavy atom. The number of benzene rings is 2. The van der Waals surface area contributed by atoms with E-state index >= 15 is 0 Å². The van der Waals surface area contributed by atoms with Crippen molar-refractivity contribution in [2.45, 2.75) is 11.8 Å². The lowest BCUT2D eigenvalue weighted by Gasteiger charge is -2.10. The summed E-state index contributed by atoms with van der Waals surface area (Å²) in [5, 5.41) is 3.10. The van der Waals surface area contributed by atoms with Gasteiger partial charge in [-0.1, -0.05) is 23.2 Å². The minimum Gasteiger partial charge on any atom is -0.324 e. The van der Waals surface area contributed by atoms with Gasteiger partial charge in [0.05, 0.1) is 22.2 Å². The fraction of sp³-hybridized carbons (Fsp3) is 0.133. The second kappa shape index (κ2) is 7.48. The molecule has 0 aliphatic heterocycles. The van der Waals surface area contributed by atoms with Crippen LogP contribution in [0.5, 0.6) is 0 Å². The molecular formula is C15H13Cl2FN2O3S. The lowest BCUT2D eigenvalue weighted by molar-refractivity contribution is -0.115. The first-order valence-electron chi connectivity index (χ1n) is 6.70. The van der Waals surface area contributed by atoms with E-state index in [1.165, 1.54) is 19.1 Å². The van der Waals surface area contributed by atoms with Gasteiger partial charge in [-0.25, -0.2) is 17.5 Å². The quantitative estimate of drug-likeness (QED) is 0.821. The van der Waals surface area contributed by atoms with E-state index in [1.807, 2.05) is 0 Å². The van der Waals surface area contributed by atoms with Gasteiger partial charge in [-0.15, -0.1) is 0 Å². The third-order valence-corrected chi connectivity index (χ3v) is 5.18. The molecule has 0 aromatic heterocycles.